The maximum absolute atomic E-state index is 13.0. The summed E-state index contributed by atoms with van der Waals surface area (Å²) in [5.41, 5.74) is 4.01. The van der Waals surface area contributed by atoms with Gasteiger partial charge in [-0.15, -0.1) is 0 Å². The molecular weight excluding hydrogens is 438 g/mol. The molecule has 0 spiro atoms. The number of carbonyl (C=O) groups excluding carboxylic acids is 1. The number of aromatic nitrogens is 4. The molecule has 1 saturated heterocycles. The van der Waals surface area contributed by atoms with Gasteiger partial charge in [0, 0.05) is 42.8 Å². The molecule has 3 aromatic heterocycles. The maximum atomic E-state index is 13.0. The summed E-state index contributed by atoms with van der Waals surface area (Å²) in [5.74, 6) is 0.387. The van der Waals surface area contributed by atoms with E-state index >= 15 is 0 Å². The Labute approximate surface area is 194 Å². The van der Waals surface area contributed by atoms with Crippen LogP contribution in [0.2, 0.25) is 0 Å². The zero-order chi connectivity index (χ0) is 22.9. The van der Waals surface area contributed by atoms with E-state index in [0.29, 0.717) is 42.7 Å². The van der Waals surface area contributed by atoms with Gasteiger partial charge in [0.2, 0.25) is 5.95 Å². The molecule has 1 aromatic carbocycles. The first kappa shape index (κ1) is 21.6. The molecule has 1 amide bonds. The molecule has 0 N–H and O–H groups in total. The molecule has 9 heteroatoms. The van der Waals surface area contributed by atoms with Gasteiger partial charge in [-0.2, -0.15) is 0 Å². The number of amides is 1. The Morgan fingerprint density at radius 2 is 1.85 bits per heavy atom. The molecule has 8 nitrogen and oxygen atoms in total. The van der Waals surface area contributed by atoms with E-state index in [-0.39, 0.29) is 5.91 Å². The van der Waals surface area contributed by atoms with Gasteiger partial charge in [0.1, 0.15) is 6.26 Å². The van der Waals surface area contributed by atoms with Crippen molar-refractivity contribution >= 4 is 28.0 Å². The minimum absolute atomic E-state index is 0.0473. The van der Waals surface area contributed by atoms with E-state index in [2.05, 4.69) is 15.0 Å². The van der Waals surface area contributed by atoms with Gasteiger partial charge in [-0.3, -0.25) is 14.3 Å². The normalized spacial score (nSPS) is 15.1. The van der Waals surface area contributed by atoms with Crippen molar-refractivity contribution in [3.63, 3.8) is 0 Å². The first-order valence-electron chi connectivity index (χ1n) is 10.6. The highest BCUT2D eigenvalue weighted by molar-refractivity contribution is 7.91. The van der Waals surface area contributed by atoms with Crippen LogP contribution in [0.25, 0.3) is 28.1 Å². The third-order valence-corrected chi connectivity index (χ3v) is 6.63. The standard InChI is InChI=1S/C24H23N5O3S/c1-16-5-6-25-20(11-16)18-13-26-24(27-14-18)29-15-22(33(2)31)19-4-3-17(12-21(19)29)23(30)28-7-9-32-10-8-28/h3-6,11-15H,7-10H2,1-2H3. The highest BCUT2D eigenvalue weighted by Gasteiger charge is 2.23. The number of carbonyl (C=O) groups is 1. The topological polar surface area (TPSA) is 96.2 Å². The zero-order valence-electron chi connectivity index (χ0n) is 18.4. The van der Waals surface area contributed by atoms with Crippen LogP contribution in [0.3, 0.4) is 0 Å². The lowest BCUT2D eigenvalue weighted by Gasteiger charge is -2.26. The molecule has 4 heterocycles. The third kappa shape index (κ3) is 4.22. The van der Waals surface area contributed by atoms with Crippen LogP contribution in [0.15, 0.2) is 60.0 Å². The van der Waals surface area contributed by atoms with Gasteiger partial charge >= 0.3 is 0 Å². The van der Waals surface area contributed by atoms with Crippen molar-refractivity contribution in [2.45, 2.75) is 11.8 Å². The van der Waals surface area contributed by atoms with E-state index in [9.17, 15) is 9.35 Å². The molecule has 0 radical (unpaired) electrons. The van der Waals surface area contributed by atoms with E-state index < -0.39 is 11.2 Å². The van der Waals surface area contributed by atoms with Crippen molar-refractivity contribution < 1.29 is 14.1 Å². The summed E-state index contributed by atoms with van der Waals surface area (Å²) < 4.78 is 19.5. The second-order valence-electron chi connectivity index (χ2n) is 7.94. The molecule has 4 aromatic rings. The molecule has 1 atom stereocenters. The monoisotopic (exact) mass is 461 g/mol. The first-order chi connectivity index (χ1) is 16.0. The van der Waals surface area contributed by atoms with Crippen LogP contribution in [-0.2, 0) is 15.9 Å². The van der Waals surface area contributed by atoms with Gasteiger partial charge in [-0.25, -0.2) is 9.97 Å². The Bertz CT molecular complexity index is 1310. The Morgan fingerprint density at radius 3 is 2.55 bits per heavy atom. The number of aryl methyl sites for hydroxylation is 1. The SMILES string of the molecule is Cc1ccnc(-c2cnc(-n3cc([S+](C)[O-])c4ccc(C(=O)N5CCOCC5)cc43)nc2)c1. The minimum atomic E-state index is -1.21. The van der Waals surface area contributed by atoms with Crippen LogP contribution in [-0.4, -0.2) is 67.4 Å². The van der Waals surface area contributed by atoms with Gasteiger partial charge in [-0.1, -0.05) is 0 Å². The molecule has 0 aliphatic carbocycles. The number of hydrogen-bond donors (Lipinski definition) is 0. The fraction of sp³-hybridized carbons (Fsp3) is 0.250. The molecule has 168 valence electrons. The number of ether oxygens (including phenoxy) is 1. The summed E-state index contributed by atoms with van der Waals surface area (Å²) in [5, 5.41) is 0.808. The smallest absolute Gasteiger partial charge is 0.254 e. The van der Waals surface area contributed by atoms with Crippen LogP contribution in [0.4, 0.5) is 0 Å². The molecule has 5 rings (SSSR count). The molecule has 0 saturated carbocycles. The largest absolute Gasteiger partial charge is 0.612 e. The average Bonchev–Trinajstić information content (AvgIpc) is 3.23. The van der Waals surface area contributed by atoms with E-state index in [1.54, 1.807) is 46.6 Å². The summed E-state index contributed by atoms with van der Waals surface area (Å²) in [4.78, 5) is 29.0. The van der Waals surface area contributed by atoms with E-state index in [4.69, 9.17) is 4.74 Å². The number of benzene rings is 1. The highest BCUT2D eigenvalue weighted by Crippen LogP contribution is 2.29. The maximum Gasteiger partial charge on any atom is 0.254 e. The molecule has 1 unspecified atom stereocenters. The Balaban J connectivity index is 1.56. The fourth-order valence-electron chi connectivity index (χ4n) is 3.94. The number of morpholine rings is 1. The minimum Gasteiger partial charge on any atom is -0.612 e. The zero-order valence-corrected chi connectivity index (χ0v) is 19.2. The summed E-state index contributed by atoms with van der Waals surface area (Å²) in [6, 6.07) is 9.37. The molecular formula is C24H23N5O3S. The average molecular weight is 462 g/mol. The third-order valence-electron chi connectivity index (χ3n) is 5.69. The quantitative estimate of drug-likeness (QED) is 0.434. The van der Waals surface area contributed by atoms with Crippen LogP contribution < -0.4 is 0 Å². The highest BCUT2D eigenvalue weighted by atomic mass is 32.2. The Hall–Kier alpha value is -3.27. The second kappa shape index (κ2) is 8.93. The summed E-state index contributed by atoms with van der Waals surface area (Å²) >= 11 is -1.21. The van der Waals surface area contributed by atoms with Crippen LogP contribution in [0, 0.1) is 6.92 Å². The van der Waals surface area contributed by atoms with Crippen molar-refractivity contribution in [2.24, 2.45) is 0 Å². The summed E-state index contributed by atoms with van der Waals surface area (Å²) in [7, 11) is 0. The van der Waals surface area contributed by atoms with Crippen LogP contribution in [0.5, 0.6) is 0 Å². The predicted molar refractivity (Wildman–Crippen MR) is 126 cm³/mol. The van der Waals surface area contributed by atoms with E-state index in [1.165, 1.54) is 0 Å². The Morgan fingerprint density at radius 1 is 1.09 bits per heavy atom. The molecule has 0 bridgehead atoms. The lowest BCUT2D eigenvalue weighted by molar-refractivity contribution is 0.0303. The van der Waals surface area contributed by atoms with Crippen molar-refractivity contribution in [1.82, 2.24) is 24.4 Å². The van der Waals surface area contributed by atoms with Gasteiger partial charge in [0.05, 0.1) is 36.0 Å². The second-order valence-corrected chi connectivity index (χ2v) is 9.29. The van der Waals surface area contributed by atoms with Crippen molar-refractivity contribution in [1.29, 1.82) is 0 Å². The summed E-state index contributed by atoms with van der Waals surface area (Å²) in [6.07, 6.45) is 8.62. The van der Waals surface area contributed by atoms with Gasteiger partial charge in [-0.05, 0) is 54.0 Å². The van der Waals surface area contributed by atoms with Gasteiger partial charge < -0.3 is 14.2 Å². The molecule has 33 heavy (non-hydrogen) atoms. The Kier molecular flexibility index (Phi) is 5.84. The van der Waals surface area contributed by atoms with Crippen molar-refractivity contribution in [3.05, 3.63) is 66.2 Å². The number of fused-ring (bicyclic) bond motifs is 1. The number of pyridine rings is 1. The van der Waals surface area contributed by atoms with E-state index in [1.807, 2.05) is 31.2 Å². The number of hydrogen-bond acceptors (Lipinski definition) is 6. The van der Waals surface area contributed by atoms with Crippen molar-refractivity contribution in [2.75, 3.05) is 32.6 Å². The van der Waals surface area contributed by atoms with Crippen LogP contribution >= 0.6 is 0 Å². The fourth-order valence-corrected chi connectivity index (χ4v) is 4.68. The lowest BCUT2D eigenvalue weighted by Crippen LogP contribution is -2.40. The summed E-state index contributed by atoms with van der Waals surface area (Å²) in [6.45, 7) is 4.23. The van der Waals surface area contributed by atoms with Crippen molar-refractivity contribution in [3.8, 4) is 17.2 Å². The molecule has 1 fully saturated rings. The molecule has 1 aliphatic rings. The first-order valence-corrected chi connectivity index (χ1v) is 12.2. The lowest BCUT2D eigenvalue weighted by atomic mass is 10.1. The number of nitrogens with zero attached hydrogens (tertiary/aromatic N) is 5. The predicted octanol–water partition coefficient (Wildman–Crippen LogP) is 3.00. The molecule has 1 aliphatic heterocycles. The van der Waals surface area contributed by atoms with E-state index in [0.717, 1.165) is 27.7 Å². The van der Waals surface area contributed by atoms with Gasteiger partial charge in [0.25, 0.3) is 5.91 Å². The van der Waals surface area contributed by atoms with Gasteiger partial charge in [0.15, 0.2) is 4.90 Å². The van der Waals surface area contributed by atoms with Crippen LogP contribution in [0.1, 0.15) is 15.9 Å². The number of rotatable bonds is 4.